The van der Waals surface area contributed by atoms with Gasteiger partial charge in [0.05, 0.1) is 5.69 Å². The normalized spacial score (nSPS) is 20.1. The van der Waals surface area contributed by atoms with Crippen molar-refractivity contribution in [2.24, 2.45) is 5.92 Å². The van der Waals surface area contributed by atoms with E-state index in [0.717, 1.165) is 24.1 Å². The molecule has 0 spiro atoms. The van der Waals surface area contributed by atoms with E-state index in [1.54, 1.807) is 6.07 Å². The molecule has 4 heteroatoms. The summed E-state index contributed by atoms with van der Waals surface area (Å²) in [5.74, 6) is 0.472. The molecule has 2 nitrogen and oxygen atoms in total. The van der Waals surface area contributed by atoms with Crippen LogP contribution in [0.3, 0.4) is 0 Å². The van der Waals surface area contributed by atoms with E-state index in [-0.39, 0.29) is 5.82 Å². The van der Waals surface area contributed by atoms with Gasteiger partial charge in [-0.3, -0.25) is 0 Å². The van der Waals surface area contributed by atoms with Gasteiger partial charge in [-0.05, 0) is 43.6 Å². The minimum Gasteiger partial charge on any atom is -0.372 e. The third-order valence-corrected chi connectivity index (χ3v) is 3.51. The van der Waals surface area contributed by atoms with Crippen molar-refractivity contribution < 1.29 is 4.39 Å². The largest absolute Gasteiger partial charge is 0.372 e. The molecule has 0 radical (unpaired) electrons. The SMILES string of the molecule is CN(CC1CCNC1)c1cc(Br)ccc1F. The summed E-state index contributed by atoms with van der Waals surface area (Å²) in [6, 6.07) is 5.06. The third-order valence-electron chi connectivity index (χ3n) is 3.01. The highest BCUT2D eigenvalue weighted by atomic mass is 79.9. The minimum atomic E-state index is -0.156. The molecule has 0 amide bonds. The lowest BCUT2D eigenvalue weighted by Crippen LogP contribution is -2.27. The summed E-state index contributed by atoms with van der Waals surface area (Å²) < 4.78 is 14.5. The van der Waals surface area contributed by atoms with Crippen LogP contribution in [0.25, 0.3) is 0 Å². The van der Waals surface area contributed by atoms with E-state index in [1.165, 1.54) is 12.5 Å². The average molecular weight is 287 g/mol. The summed E-state index contributed by atoms with van der Waals surface area (Å²) in [5.41, 5.74) is 0.668. The van der Waals surface area contributed by atoms with Crippen molar-refractivity contribution in [2.75, 3.05) is 31.6 Å². The predicted molar refractivity (Wildman–Crippen MR) is 68.3 cm³/mol. The molecule has 1 N–H and O–H groups in total. The van der Waals surface area contributed by atoms with Gasteiger partial charge in [-0.2, -0.15) is 0 Å². The van der Waals surface area contributed by atoms with Gasteiger partial charge in [0.1, 0.15) is 5.82 Å². The summed E-state index contributed by atoms with van der Waals surface area (Å²) in [6.45, 7) is 3.03. The van der Waals surface area contributed by atoms with Crippen LogP contribution in [0.1, 0.15) is 6.42 Å². The monoisotopic (exact) mass is 286 g/mol. The van der Waals surface area contributed by atoms with Gasteiger partial charge >= 0.3 is 0 Å². The second kappa shape index (κ2) is 5.15. The lowest BCUT2D eigenvalue weighted by Gasteiger charge is -2.23. The van der Waals surface area contributed by atoms with Crippen LogP contribution in [0.2, 0.25) is 0 Å². The Kier molecular flexibility index (Phi) is 3.82. The predicted octanol–water partition coefficient (Wildman–Crippen LogP) is 2.63. The number of hydrogen-bond acceptors (Lipinski definition) is 2. The van der Waals surface area contributed by atoms with Crippen LogP contribution in [0.5, 0.6) is 0 Å². The zero-order chi connectivity index (χ0) is 11.5. The minimum absolute atomic E-state index is 0.156. The second-order valence-electron chi connectivity index (χ2n) is 4.34. The topological polar surface area (TPSA) is 15.3 Å². The van der Waals surface area contributed by atoms with Crippen molar-refractivity contribution in [1.29, 1.82) is 0 Å². The molecule has 0 bridgehead atoms. The molecule has 1 aliphatic rings. The Morgan fingerprint density at radius 2 is 2.38 bits per heavy atom. The van der Waals surface area contributed by atoms with Crippen molar-refractivity contribution in [3.63, 3.8) is 0 Å². The van der Waals surface area contributed by atoms with E-state index in [0.29, 0.717) is 11.6 Å². The molecule has 1 heterocycles. The molecule has 1 fully saturated rings. The lowest BCUT2D eigenvalue weighted by atomic mass is 10.1. The van der Waals surface area contributed by atoms with Crippen molar-refractivity contribution in [2.45, 2.75) is 6.42 Å². The molecule has 0 aromatic heterocycles. The van der Waals surface area contributed by atoms with Crippen LogP contribution in [0, 0.1) is 11.7 Å². The Morgan fingerprint density at radius 1 is 1.56 bits per heavy atom. The highest BCUT2D eigenvalue weighted by Gasteiger charge is 2.18. The molecule has 16 heavy (non-hydrogen) atoms. The number of hydrogen-bond donors (Lipinski definition) is 1. The second-order valence-corrected chi connectivity index (χ2v) is 5.25. The Bertz CT molecular complexity index is 364. The van der Waals surface area contributed by atoms with Crippen molar-refractivity contribution >= 4 is 21.6 Å². The Balaban J connectivity index is 2.07. The molecule has 0 aliphatic carbocycles. The van der Waals surface area contributed by atoms with E-state index in [4.69, 9.17) is 0 Å². The third kappa shape index (κ3) is 2.74. The molecular formula is C12H16BrFN2. The van der Waals surface area contributed by atoms with Crippen LogP contribution < -0.4 is 10.2 Å². The van der Waals surface area contributed by atoms with Crippen LogP contribution in [-0.4, -0.2) is 26.7 Å². The van der Waals surface area contributed by atoms with Crippen molar-refractivity contribution in [1.82, 2.24) is 5.32 Å². The lowest BCUT2D eigenvalue weighted by molar-refractivity contribution is 0.565. The van der Waals surface area contributed by atoms with Crippen molar-refractivity contribution in [3.05, 3.63) is 28.5 Å². The molecule has 1 aromatic rings. The van der Waals surface area contributed by atoms with Crippen LogP contribution in [0.4, 0.5) is 10.1 Å². The first kappa shape index (κ1) is 11.9. The van der Waals surface area contributed by atoms with Gasteiger partial charge in [-0.1, -0.05) is 15.9 Å². The molecule has 1 saturated heterocycles. The standard InChI is InChI=1S/C12H16BrFN2/c1-16(8-9-4-5-15-7-9)12-6-10(13)2-3-11(12)14/h2-3,6,9,15H,4-5,7-8H2,1H3. The quantitative estimate of drug-likeness (QED) is 0.919. The Hall–Kier alpha value is -0.610. The van der Waals surface area contributed by atoms with Crippen LogP contribution >= 0.6 is 15.9 Å². The Labute approximate surface area is 104 Å². The number of halogens is 2. The van der Waals surface area contributed by atoms with Gasteiger partial charge in [0.2, 0.25) is 0 Å². The molecule has 0 saturated carbocycles. The smallest absolute Gasteiger partial charge is 0.146 e. The van der Waals surface area contributed by atoms with Gasteiger partial charge in [-0.15, -0.1) is 0 Å². The molecule has 1 aromatic carbocycles. The zero-order valence-electron chi connectivity index (χ0n) is 9.34. The summed E-state index contributed by atoms with van der Waals surface area (Å²) >= 11 is 3.37. The molecule has 1 aliphatic heterocycles. The maximum absolute atomic E-state index is 13.6. The first-order chi connectivity index (χ1) is 7.66. The molecule has 1 atom stereocenters. The highest BCUT2D eigenvalue weighted by Crippen LogP contribution is 2.24. The number of rotatable bonds is 3. The average Bonchev–Trinajstić information content (AvgIpc) is 2.74. The summed E-state index contributed by atoms with van der Waals surface area (Å²) in [6.07, 6.45) is 1.18. The van der Waals surface area contributed by atoms with E-state index < -0.39 is 0 Å². The van der Waals surface area contributed by atoms with E-state index in [2.05, 4.69) is 21.2 Å². The fourth-order valence-corrected chi connectivity index (χ4v) is 2.48. The Morgan fingerprint density at radius 3 is 3.06 bits per heavy atom. The maximum atomic E-state index is 13.6. The van der Waals surface area contributed by atoms with Gasteiger partial charge in [0.25, 0.3) is 0 Å². The molecule has 1 unspecified atom stereocenters. The zero-order valence-corrected chi connectivity index (χ0v) is 10.9. The molecule has 88 valence electrons. The van der Waals surface area contributed by atoms with E-state index in [1.807, 2.05) is 18.0 Å². The summed E-state index contributed by atoms with van der Waals surface area (Å²) in [4.78, 5) is 2.00. The number of anilines is 1. The van der Waals surface area contributed by atoms with E-state index in [9.17, 15) is 4.39 Å². The first-order valence-corrected chi connectivity index (χ1v) is 6.33. The fraction of sp³-hybridized carbons (Fsp3) is 0.500. The number of nitrogens with zero attached hydrogens (tertiary/aromatic N) is 1. The summed E-state index contributed by atoms with van der Waals surface area (Å²) in [7, 11) is 1.95. The van der Waals surface area contributed by atoms with Crippen LogP contribution in [0.15, 0.2) is 22.7 Å². The molecule has 2 rings (SSSR count). The number of benzene rings is 1. The highest BCUT2D eigenvalue weighted by molar-refractivity contribution is 9.10. The summed E-state index contributed by atoms with van der Waals surface area (Å²) in [5, 5.41) is 3.33. The van der Waals surface area contributed by atoms with Gasteiger partial charge in [0.15, 0.2) is 0 Å². The van der Waals surface area contributed by atoms with E-state index >= 15 is 0 Å². The van der Waals surface area contributed by atoms with Crippen molar-refractivity contribution in [3.8, 4) is 0 Å². The van der Waals surface area contributed by atoms with Gasteiger partial charge in [-0.25, -0.2) is 4.39 Å². The van der Waals surface area contributed by atoms with Gasteiger partial charge < -0.3 is 10.2 Å². The number of nitrogens with one attached hydrogen (secondary N) is 1. The van der Waals surface area contributed by atoms with Gasteiger partial charge in [0, 0.05) is 18.1 Å². The fourth-order valence-electron chi connectivity index (χ4n) is 2.13. The molecular weight excluding hydrogens is 271 g/mol. The van der Waals surface area contributed by atoms with Crippen LogP contribution in [-0.2, 0) is 0 Å². The first-order valence-electron chi connectivity index (χ1n) is 5.53. The maximum Gasteiger partial charge on any atom is 0.146 e.